The summed E-state index contributed by atoms with van der Waals surface area (Å²) in [7, 11) is 0. The van der Waals surface area contributed by atoms with Crippen LogP contribution in [-0.4, -0.2) is 60.6 Å². The molecule has 0 bridgehead atoms. The Labute approximate surface area is 247 Å². The first-order chi connectivity index (χ1) is 19.7. The zero-order valence-corrected chi connectivity index (χ0v) is 25.0. The number of aliphatic carboxylic acids is 1. The molecule has 3 rings (SSSR count). The number of tetrazole rings is 1. The van der Waals surface area contributed by atoms with Gasteiger partial charge in [0.05, 0.1) is 12.3 Å². The van der Waals surface area contributed by atoms with E-state index in [-0.39, 0.29) is 30.4 Å². The van der Waals surface area contributed by atoms with Crippen LogP contribution in [0, 0.1) is 17.8 Å². The lowest BCUT2D eigenvalue weighted by Gasteiger charge is -2.28. The number of aromatic amines is 1. The summed E-state index contributed by atoms with van der Waals surface area (Å²) in [5.41, 5.74) is 3.69. The van der Waals surface area contributed by atoms with Crippen LogP contribution in [0.3, 0.4) is 0 Å². The van der Waals surface area contributed by atoms with Crippen molar-refractivity contribution in [3.05, 3.63) is 54.1 Å². The quantitative estimate of drug-likeness (QED) is 0.138. The second-order valence-electron chi connectivity index (χ2n) is 10.9. The van der Waals surface area contributed by atoms with Crippen molar-refractivity contribution in [3.8, 4) is 22.5 Å². The van der Waals surface area contributed by atoms with Gasteiger partial charge in [-0.05, 0) is 46.4 Å². The largest absolute Gasteiger partial charge is 0.481 e. The number of H-pyrrole nitrogens is 1. The summed E-state index contributed by atoms with van der Waals surface area (Å²) < 4.78 is 0. The molecule has 2 atom stereocenters. The molecule has 0 saturated heterocycles. The predicted octanol–water partition coefficient (Wildman–Crippen LogP) is 5.69. The average molecular weight is 580 g/mol. The topological polar surface area (TPSA) is 129 Å². The summed E-state index contributed by atoms with van der Waals surface area (Å²) in [4.78, 5) is 40.3. The number of Topliss-reactive ketones (excluding diaryl/α,β-unsaturated/α-hetero) is 1. The van der Waals surface area contributed by atoms with Gasteiger partial charge in [0.1, 0.15) is 5.78 Å². The summed E-state index contributed by atoms with van der Waals surface area (Å²) in [6, 6.07) is 15.7. The zero-order chi connectivity index (χ0) is 29.8. The highest BCUT2D eigenvalue weighted by atomic mass is 32.1. The summed E-state index contributed by atoms with van der Waals surface area (Å²) in [5, 5.41) is 24.0. The van der Waals surface area contributed by atoms with Gasteiger partial charge in [0.25, 0.3) is 0 Å². The van der Waals surface area contributed by atoms with E-state index in [4.69, 9.17) is 0 Å². The number of hydrogen-bond acceptors (Lipinski definition) is 7. The lowest BCUT2D eigenvalue weighted by molar-refractivity contribution is -0.146. The molecule has 1 amide bonds. The highest BCUT2D eigenvalue weighted by Crippen LogP contribution is 2.30. The molecule has 1 unspecified atom stereocenters. The van der Waals surface area contributed by atoms with Crippen molar-refractivity contribution in [1.29, 1.82) is 0 Å². The van der Waals surface area contributed by atoms with Crippen molar-refractivity contribution in [3.63, 3.8) is 0 Å². The Kier molecular flexibility index (Phi) is 12.5. The van der Waals surface area contributed by atoms with Crippen molar-refractivity contribution in [2.24, 2.45) is 17.8 Å². The maximum Gasteiger partial charge on any atom is 0.304 e. The highest BCUT2D eigenvalue weighted by molar-refractivity contribution is 7.80. The van der Waals surface area contributed by atoms with Gasteiger partial charge in [-0.3, -0.25) is 14.4 Å². The van der Waals surface area contributed by atoms with Crippen LogP contribution >= 0.6 is 12.6 Å². The molecule has 0 aliphatic rings. The number of nitrogens with one attached hydrogen (secondary N) is 1. The van der Waals surface area contributed by atoms with Crippen molar-refractivity contribution in [1.82, 2.24) is 25.5 Å². The number of carboxylic acid groups (broad SMARTS) is 1. The number of carboxylic acids is 1. The first kappa shape index (κ1) is 32.0. The van der Waals surface area contributed by atoms with Crippen LogP contribution in [0.15, 0.2) is 48.5 Å². The summed E-state index contributed by atoms with van der Waals surface area (Å²) in [6.07, 6.45) is 2.96. The normalized spacial score (nSPS) is 12.7. The highest BCUT2D eigenvalue weighted by Gasteiger charge is 2.31. The molecule has 10 heteroatoms. The molecule has 0 aliphatic heterocycles. The summed E-state index contributed by atoms with van der Waals surface area (Å²) >= 11 is 4.35. The molecule has 0 spiro atoms. The monoisotopic (exact) mass is 579 g/mol. The number of amides is 1. The maximum absolute atomic E-state index is 13.8. The standard InChI is InChI=1S/C31H41N5O4S/c1-4-5-8-15-36(31(40)24(18-29(38)39)17-28(37)25(20-41)16-21(2)3)19-22-11-13-23(14-12-22)26-9-6-7-10-27(26)30-32-34-35-33-30/h6-7,9-14,21,24-25,41H,4-5,8,15-20H2,1-3H3,(H,38,39)(H,32,33,34,35)/t24-,25?/m1/s1. The van der Waals surface area contributed by atoms with Gasteiger partial charge < -0.3 is 10.0 Å². The van der Waals surface area contributed by atoms with Gasteiger partial charge in [-0.1, -0.05) is 82.1 Å². The Bertz CT molecular complexity index is 1260. The molecule has 0 fully saturated rings. The molecular weight excluding hydrogens is 538 g/mol. The first-order valence-corrected chi connectivity index (χ1v) is 14.9. The lowest BCUT2D eigenvalue weighted by atomic mass is 9.87. The van der Waals surface area contributed by atoms with Crippen LogP contribution in [0.4, 0.5) is 0 Å². The van der Waals surface area contributed by atoms with Crippen LogP contribution in [0.2, 0.25) is 0 Å². The second kappa shape index (κ2) is 16.0. The van der Waals surface area contributed by atoms with Crippen LogP contribution in [0.25, 0.3) is 22.5 Å². The third-order valence-corrected chi connectivity index (χ3v) is 7.59. The van der Waals surface area contributed by atoms with Crippen LogP contribution in [0.1, 0.15) is 64.9 Å². The van der Waals surface area contributed by atoms with Crippen LogP contribution < -0.4 is 0 Å². The molecule has 0 radical (unpaired) electrons. The van der Waals surface area contributed by atoms with E-state index in [9.17, 15) is 19.5 Å². The number of ketones is 1. The van der Waals surface area contributed by atoms with E-state index in [1.54, 1.807) is 4.90 Å². The molecule has 2 N–H and O–H groups in total. The smallest absolute Gasteiger partial charge is 0.304 e. The zero-order valence-electron chi connectivity index (χ0n) is 24.1. The van der Waals surface area contributed by atoms with E-state index in [0.717, 1.165) is 41.5 Å². The molecule has 1 heterocycles. The Hall–Kier alpha value is -3.53. The van der Waals surface area contributed by atoms with E-state index in [0.29, 0.717) is 37.0 Å². The number of hydrogen-bond donors (Lipinski definition) is 3. The SMILES string of the molecule is CCCCCN(Cc1ccc(-c2ccccc2-c2nn[nH]n2)cc1)C(=O)[C@@H](CC(=O)O)CC(=O)C(CS)CC(C)C. The number of rotatable bonds is 17. The van der Waals surface area contributed by atoms with Crippen LogP contribution in [0.5, 0.6) is 0 Å². The number of carbonyl (C=O) groups excluding carboxylic acids is 2. The Morgan fingerprint density at radius 3 is 2.27 bits per heavy atom. The van der Waals surface area contributed by atoms with Gasteiger partial charge in [0, 0.05) is 31.0 Å². The van der Waals surface area contributed by atoms with Gasteiger partial charge in [0.15, 0.2) is 0 Å². The van der Waals surface area contributed by atoms with Crippen molar-refractivity contribution < 1.29 is 19.5 Å². The van der Waals surface area contributed by atoms with E-state index >= 15 is 0 Å². The third-order valence-electron chi connectivity index (χ3n) is 7.14. The molecule has 220 valence electrons. The van der Waals surface area contributed by atoms with E-state index < -0.39 is 11.9 Å². The number of nitrogens with zero attached hydrogens (tertiary/aromatic N) is 4. The van der Waals surface area contributed by atoms with Crippen molar-refractivity contribution in [2.45, 2.75) is 65.8 Å². The summed E-state index contributed by atoms with van der Waals surface area (Å²) in [5.74, 6) is -1.47. The fraction of sp³-hybridized carbons (Fsp3) is 0.484. The minimum absolute atomic E-state index is 0.0842. The molecule has 41 heavy (non-hydrogen) atoms. The van der Waals surface area contributed by atoms with Crippen molar-refractivity contribution >= 4 is 30.3 Å². The van der Waals surface area contributed by atoms with Crippen molar-refractivity contribution in [2.75, 3.05) is 12.3 Å². The van der Waals surface area contributed by atoms with Gasteiger partial charge >= 0.3 is 5.97 Å². The van der Waals surface area contributed by atoms with E-state index in [1.807, 2.05) is 62.4 Å². The fourth-order valence-electron chi connectivity index (χ4n) is 5.04. The van der Waals surface area contributed by atoms with Gasteiger partial charge in [-0.25, -0.2) is 0 Å². The molecule has 0 saturated carbocycles. The number of benzene rings is 2. The minimum Gasteiger partial charge on any atom is -0.481 e. The summed E-state index contributed by atoms with van der Waals surface area (Å²) in [6.45, 7) is 7.00. The minimum atomic E-state index is -1.08. The average Bonchev–Trinajstić information content (AvgIpc) is 3.50. The Morgan fingerprint density at radius 1 is 0.976 bits per heavy atom. The predicted molar refractivity (Wildman–Crippen MR) is 162 cm³/mol. The number of thiol groups is 1. The maximum atomic E-state index is 13.8. The second-order valence-corrected chi connectivity index (χ2v) is 11.3. The molecule has 1 aromatic heterocycles. The first-order valence-electron chi connectivity index (χ1n) is 14.3. The fourth-order valence-corrected chi connectivity index (χ4v) is 5.39. The van der Waals surface area contributed by atoms with Gasteiger partial charge in [-0.15, -0.1) is 10.2 Å². The Morgan fingerprint density at radius 2 is 1.68 bits per heavy atom. The molecule has 3 aromatic rings. The van der Waals surface area contributed by atoms with E-state index in [2.05, 4.69) is 40.2 Å². The molecular formula is C31H41N5O4S. The number of aromatic nitrogens is 4. The molecule has 9 nitrogen and oxygen atoms in total. The number of unbranched alkanes of at least 4 members (excludes halogenated alkanes) is 2. The van der Waals surface area contributed by atoms with E-state index in [1.165, 1.54) is 0 Å². The van der Waals surface area contributed by atoms with Gasteiger partial charge in [-0.2, -0.15) is 17.8 Å². The third kappa shape index (κ3) is 9.52. The van der Waals surface area contributed by atoms with Crippen LogP contribution in [-0.2, 0) is 20.9 Å². The molecule has 0 aliphatic carbocycles. The van der Waals surface area contributed by atoms with Gasteiger partial charge in [0.2, 0.25) is 11.7 Å². The lowest BCUT2D eigenvalue weighted by Crippen LogP contribution is -2.39. The number of carbonyl (C=O) groups is 3. The Balaban J connectivity index is 1.82. The molecule has 2 aromatic carbocycles.